The molecule has 12 heavy (non-hydrogen) atoms. The fourth-order valence-corrected chi connectivity index (χ4v) is 0.941. The van der Waals surface area contributed by atoms with Crippen LogP contribution in [0.5, 0.6) is 0 Å². The summed E-state index contributed by atoms with van der Waals surface area (Å²) < 4.78 is 5.18. The highest BCUT2D eigenvalue weighted by molar-refractivity contribution is 5.75. The van der Waals surface area contributed by atoms with E-state index in [0.717, 1.165) is 5.76 Å². The minimum absolute atomic E-state index is 0.0833. The fraction of sp³-hybridized carbons (Fsp3) is 0.444. The van der Waals surface area contributed by atoms with Crippen molar-refractivity contribution < 1.29 is 14.3 Å². The topological polar surface area (TPSA) is 50.4 Å². The smallest absolute Gasteiger partial charge is 0.130 e. The Bertz CT molecular complexity index is 262. The average molecular weight is 168 g/mol. The lowest BCUT2D eigenvalue weighted by molar-refractivity contribution is -0.117. The third-order valence-corrected chi connectivity index (χ3v) is 1.60. The van der Waals surface area contributed by atoms with Crippen LogP contribution in [0.2, 0.25) is 0 Å². The molecule has 0 aromatic carbocycles. The van der Waals surface area contributed by atoms with Crippen LogP contribution in [0.15, 0.2) is 16.5 Å². The number of aryl methyl sites for hydroxylation is 1. The van der Waals surface area contributed by atoms with Crippen LogP contribution in [0.25, 0.3) is 0 Å². The van der Waals surface area contributed by atoms with E-state index in [1.54, 1.807) is 19.1 Å². The molecular formula is C9H12O3. The van der Waals surface area contributed by atoms with E-state index in [9.17, 15) is 4.79 Å². The lowest BCUT2D eigenvalue weighted by Crippen LogP contribution is -1.92. The largest absolute Gasteiger partial charge is 0.464 e. The summed E-state index contributed by atoms with van der Waals surface area (Å²) in [5.41, 5.74) is 0. The maximum Gasteiger partial charge on any atom is 0.130 e. The van der Waals surface area contributed by atoms with Gasteiger partial charge in [-0.25, -0.2) is 0 Å². The molecule has 1 aromatic heterocycles. The molecule has 1 heterocycles. The van der Waals surface area contributed by atoms with Crippen LogP contribution in [-0.2, 0) is 17.8 Å². The zero-order chi connectivity index (χ0) is 8.97. The van der Waals surface area contributed by atoms with Gasteiger partial charge in [-0.3, -0.25) is 0 Å². The maximum atomic E-state index is 10.6. The van der Waals surface area contributed by atoms with Crippen LogP contribution in [0, 0.1) is 0 Å². The Morgan fingerprint density at radius 3 is 2.67 bits per heavy atom. The molecule has 0 atom stereocenters. The Morgan fingerprint density at radius 2 is 2.17 bits per heavy atom. The number of carbonyl (C=O) groups excluding carboxylic acids is 1. The monoisotopic (exact) mass is 168 g/mol. The molecule has 0 radical (unpaired) electrons. The van der Waals surface area contributed by atoms with E-state index in [4.69, 9.17) is 9.52 Å². The highest BCUT2D eigenvalue weighted by Gasteiger charge is 2.01. The number of hydrogen-bond acceptors (Lipinski definition) is 3. The summed E-state index contributed by atoms with van der Waals surface area (Å²) >= 11 is 0. The molecule has 0 aliphatic rings. The lowest BCUT2D eigenvalue weighted by Gasteiger charge is -1.92. The van der Waals surface area contributed by atoms with Crippen molar-refractivity contribution in [1.29, 1.82) is 0 Å². The SMILES string of the molecule is CC(=O)CCc1ccc(CO)o1. The third-order valence-electron chi connectivity index (χ3n) is 1.60. The molecule has 1 aromatic rings. The molecule has 0 fully saturated rings. The minimum Gasteiger partial charge on any atom is -0.464 e. The number of hydrogen-bond donors (Lipinski definition) is 1. The Labute approximate surface area is 71.0 Å². The summed E-state index contributed by atoms with van der Waals surface area (Å²) in [6.07, 6.45) is 1.12. The molecule has 0 unspecified atom stereocenters. The van der Waals surface area contributed by atoms with Crippen molar-refractivity contribution in [2.24, 2.45) is 0 Å². The number of ketones is 1. The average Bonchev–Trinajstić information content (AvgIpc) is 2.48. The van der Waals surface area contributed by atoms with Gasteiger partial charge in [0.2, 0.25) is 0 Å². The first-order valence-electron chi connectivity index (χ1n) is 3.90. The van der Waals surface area contributed by atoms with E-state index in [0.29, 0.717) is 18.6 Å². The van der Waals surface area contributed by atoms with Crippen molar-refractivity contribution in [3.63, 3.8) is 0 Å². The first-order chi connectivity index (χ1) is 5.72. The summed E-state index contributed by atoms with van der Waals surface area (Å²) in [6.45, 7) is 1.47. The molecule has 0 saturated heterocycles. The quantitative estimate of drug-likeness (QED) is 0.737. The van der Waals surface area contributed by atoms with Gasteiger partial charge in [0.1, 0.15) is 23.9 Å². The van der Waals surface area contributed by atoms with Crippen molar-refractivity contribution >= 4 is 5.78 Å². The van der Waals surface area contributed by atoms with Crippen molar-refractivity contribution in [2.75, 3.05) is 0 Å². The van der Waals surface area contributed by atoms with Gasteiger partial charge in [0.15, 0.2) is 0 Å². The van der Waals surface area contributed by atoms with E-state index in [2.05, 4.69) is 0 Å². The fourth-order valence-electron chi connectivity index (χ4n) is 0.941. The summed E-state index contributed by atoms with van der Waals surface area (Å²) in [6, 6.07) is 3.50. The highest BCUT2D eigenvalue weighted by atomic mass is 16.4. The molecule has 0 bridgehead atoms. The number of aliphatic hydroxyl groups excluding tert-OH is 1. The van der Waals surface area contributed by atoms with E-state index >= 15 is 0 Å². The second-order valence-electron chi connectivity index (χ2n) is 2.73. The second-order valence-corrected chi connectivity index (χ2v) is 2.73. The Morgan fingerprint density at radius 1 is 1.50 bits per heavy atom. The number of carbonyl (C=O) groups is 1. The van der Waals surface area contributed by atoms with Gasteiger partial charge in [0.25, 0.3) is 0 Å². The zero-order valence-corrected chi connectivity index (χ0v) is 7.04. The minimum atomic E-state index is -0.0833. The summed E-state index contributed by atoms with van der Waals surface area (Å²) in [5, 5.41) is 8.67. The molecule has 1 rings (SSSR count). The van der Waals surface area contributed by atoms with Crippen molar-refractivity contribution in [2.45, 2.75) is 26.4 Å². The van der Waals surface area contributed by atoms with Crippen LogP contribution in [0.4, 0.5) is 0 Å². The molecule has 0 saturated carbocycles. The van der Waals surface area contributed by atoms with Crippen molar-refractivity contribution in [3.05, 3.63) is 23.7 Å². The normalized spacial score (nSPS) is 10.2. The molecule has 0 aliphatic carbocycles. The predicted octanol–water partition coefficient (Wildman–Crippen LogP) is 1.29. The van der Waals surface area contributed by atoms with E-state index in [1.807, 2.05) is 0 Å². The Hall–Kier alpha value is -1.09. The Balaban J connectivity index is 2.47. The highest BCUT2D eigenvalue weighted by Crippen LogP contribution is 2.09. The lowest BCUT2D eigenvalue weighted by atomic mass is 10.2. The van der Waals surface area contributed by atoms with Gasteiger partial charge in [-0.15, -0.1) is 0 Å². The number of furan rings is 1. The van der Waals surface area contributed by atoms with Crippen LogP contribution in [0.3, 0.4) is 0 Å². The standard InChI is InChI=1S/C9H12O3/c1-7(11)2-3-8-4-5-9(6-10)12-8/h4-5,10H,2-3,6H2,1H3. The molecule has 0 aliphatic heterocycles. The first-order valence-corrected chi connectivity index (χ1v) is 3.90. The van der Waals surface area contributed by atoms with Crippen LogP contribution >= 0.6 is 0 Å². The van der Waals surface area contributed by atoms with Crippen LogP contribution < -0.4 is 0 Å². The van der Waals surface area contributed by atoms with Gasteiger partial charge in [0.05, 0.1) is 0 Å². The molecule has 66 valence electrons. The van der Waals surface area contributed by atoms with E-state index in [-0.39, 0.29) is 12.4 Å². The van der Waals surface area contributed by atoms with E-state index < -0.39 is 0 Å². The predicted molar refractivity (Wildman–Crippen MR) is 43.6 cm³/mol. The molecule has 3 heteroatoms. The zero-order valence-electron chi connectivity index (χ0n) is 7.04. The number of Topliss-reactive ketones (excluding diaryl/α,β-unsaturated/α-hetero) is 1. The van der Waals surface area contributed by atoms with Gasteiger partial charge < -0.3 is 14.3 Å². The third kappa shape index (κ3) is 2.51. The van der Waals surface area contributed by atoms with Crippen LogP contribution in [0.1, 0.15) is 24.9 Å². The first kappa shape index (κ1) is 9.00. The summed E-state index contributed by atoms with van der Waals surface area (Å²) in [5.74, 6) is 1.46. The molecular weight excluding hydrogens is 156 g/mol. The van der Waals surface area contributed by atoms with E-state index in [1.165, 1.54) is 0 Å². The van der Waals surface area contributed by atoms with Gasteiger partial charge in [-0.1, -0.05) is 0 Å². The van der Waals surface area contributed by atoms with Gasteiger partial charge >= 0.3 is 0 Å². The second kappa shape index (κ2) is 4.07. The van der Waals surface area contributed by atoms with Crippen LogP contribution in [-0.4, -0.2) is 10.9 Å². The number of aliphatic hydroxyl groups is 1. The van der Waals surface area contributed by atoms with Gasteiger partial charge in [-0.2, -0.15) is 0 Å². The summed E-state index contributed by atoms with van der Waals surface area (Å²) in [7, 11) is 0. The van der Waals surface area contributed by atoms with Gasteiger partial charge in [0, 0.05) is 12.8 Å². The molecule has 0 spiro atoms. The van der Waals surface area contributed by atoms with Crippen molar-refractivity contribution in [1.82, 2.24) is 0 Å². The molecule has 3 nitrogen and oxygen atoms in total. The van der Waals surface area contributed by atoms with Gasteiger partial charge in [-0.05, 0) is 19.1 Å². The molecule has 1 N–H and O–H groups in total. The van der Waals surface area contributed by atoms with Crippen molar-refractivity contribution in [3.8, 4) is 0 Å². The summed E-state index contributed by atoms with van der Waals surface area (Å²) in [4.78, 5) is 10.6. The maximum absolute atomic E-state index is 10.6. The molecule has 0 amide bonds. The Kier molecular flexibility index (Phi) is 3.05. The number of rotatable bonds is 4.